The molecule has 0 amide bonds. The van der Waals surface area contributed by atoms with Crippen LogP contribution in [-0.4, -0.2) is 25.0 Å². The molecular formula is C12H13F2N3. The molecule has 0 radical (unpaired) electrons. The Hall–Kier alpha value is -1.91. The first-order valence-corrected chi connectivity index (χ1v) is 5.22. The monoisotopic (exact) mass is 237 g/mol. The van der Waals surface area contributed by atoms with E-state index >= 15 is 0 Å². The van der Waals surface area contributed by atoms with Crippen LogP contribution < -0.4 is 10.6 Å². The summed E-state index contributed by atoms with van der Waals surface area (Å²) in [4.78, 5) is 5.61. The molecule has 17 heavy (non-hydrogen) atoms. The van der Waals surface area contributed by atoms with Gasteiger partial charge in [0.15, 0.2) is 0 Å². The minimum Gasteiger partial charge on any atom is -0.396 e. The van der Waals surface area contributed by atoms with Crippen molar-refractivity contribution in [2.45, 2.75) is 6.43 Å². The van der Waals surface area contributed by atoms with Gasteiger partial charge >= 0.3 is 0 Å². The lowest BCUT2D eigenvalue weighted by molar-refractivity contribution is 0.156. The van der Waals surface area contributed by atoms with Crippen molar-refractivity contribution in [1.29, 1.82) is 0 Å². The Kier molecular flexibility index (Phi) is 3.08. The van der Waals surface area contributed by atoms with E-state index in [1.54, 1.807) is 31.4 Å². The number of rotatable bonds is 3. The van der Waals surface area contributed by atoms with Gasteiger partial charge in [0.05, 0.1) is 23.4 Å². The molecule has 0 fully saturated rings. The molecular weight excluding hydrogens is 224 g/mol. The van der Waals surface area contributed by atoms with Gasteiger partial charge < -0.3 is 10.6 Å². The lowest BCUT2D eigenvalue weighted by atomic mass is 10.1. The number of benzene rings is 1. The summed E-state index contributed by atoms with van der Waals surface area (Å²) in [5.74, 6) is 0. The smallest absolute Gasteiger partial charge is 0.255 e. The van der Waals surface area contributed by atoms with Gasteiger partial charge in [-0.25, -0.2) is 8.78 Å². The number of pyridine rings is 1. The van der Waals surface area contributed by atoms with Gasteiger partial charge in [-0.1, -0.05) is 0 Å². The van der Waals surface area contributed by atoms with E-state index in [9.17, 15) is 8.78 Å². The highest BCUT2D eigenvalue weighted by molar-refractivity contribution is 5.97. The molecule has 0 unspecified atom stereocenters. The van der Waals surface area contributed by atoms with Crippen molar-refractivity contribution in [2.75, 3.05) is 24.2 Å². The number of hydrogen-bond donors (Lipinski definition) is 1. The van der Waals surface area contributed by atoms with Crippen LogP contribution in [0.5, 0.6) is 0 Å². The van der Waals surface area contributed by atoms with Crippen molar-refractivity contribution < 1.29 is 8.78 Å². The third-order valence-corrected chi connectivity index (χ3v) is 2.63. The molecule has 2 aromatic rings. The highest BCUT2D eigenvalue weighted by Crippen LogP contribution is 2.29. The van der Waals surface area contributed by atoms with Gasteiger partial charge in [0.2, 0.25) is 0 Å². The van der Waals surface area contributed by atoms with Crippen LogP contribution in [0.2, 0.25) is 0 Å². The molecule has 2 N–H and O–H groups in total. The first kappa shape index (κ1) is 11.6. The van der Waals surface area contributed by atoms with Gasteiger partial charge in [-0.15, -0.1) is 0 Å². The van der Waals surface area contributed by atoms with Crippen molar-refractivity contribution in [1.82, 2.24) is 4.98 Å². The van der Waals surface area contributed by atoms with Crippen molar-refractivity contribution in [2.24, 2.45) is 0 Å². The minimum absolute atomic E-state index is 0.337. The third kappa shape index (κ3) is 2.27. The SMILES string of the molecule is CN(CC(F)F)c1ccc2ncccc2c1N. The average Bonchev–Trinajstić information content (AvgIpc) is 2.28. The van der Waals surface area contributed by atoms with Crippen LogP contribution in [-0.2, 0) is 0 Å². The molecule has 1 aromatic carbocycles. The van der Waals surface area contributed by atoms with Crippen LogP contribution in [0.25, 0.3) is 10.9 Å². The van der Waals surface area contributed by atoms with Crippen LogP contribution in [0.15, 0.2) is 30.5 Å². The highest BCUT2D eigenvalue weighted by Gasteiger charge is 2.12. The molecule has 2 rings (SSSR count). The summed E-state index contributed by atoms with van der Waals surface area (Å²) in [5, 5.41) is 0.783. The molecule has 0 saturated heterocycles. The molecule has 0 bridgehead atoms. The van der Waals surface area contributed by atoms with Crippen LogP contribution in [0.4, 0.5) is 20.2 Å². The highest BCUT2D eigenvalue weighted by atomic mass is 19.3. The number of nitrogens with two attached hydrogens (primary N) is 1. The van der Waals surface area contributed by atoms with Crippen molar-refractivity contribution in [3.63, 3.8) is 0 Å². The Morgan fingerprint density at radius 2 is 2.12 bits per heavy atom. The van der Waals surface area contributed by atoms with E-state index in [1.807, 2.05) is 6.07 Å². The predicted octanol–water partition coefficient (Wildman–Crippen LogP) is 2.52. The molecule has 3 nitrogen and oxygen atoms in total. The zero-order valence-electron chi connectivity index (χ0n) is 9.40. The largest absolute Gasteiger partial charge is 0.396 e. The molecule has 0 saturated carbocycles. The summed E-state index contributed by atoms with van der Waals surface area (Å²) in [6, 6.07) is 7.10. The Labute approximate surface area is 97.9 Å². The van der Waals surface area contributed by atoms with Gasteiger partial charge in [-0.05, 0) is 24.3 Å². The van der Waals surface area contributed by atoms with E-state index in [1.165, 1.54) is 4.90 Å². The van der Waals surface area contributed by atoms with Gasteiger partial charge in [-0.3, -0.25) is 4.98 Å². The maximum atomic E-state index is 12.3. The molecule has 90 valence electrons. The number of aromatic nitrogens is 1. The predicted molar refractivity (Wildman–Crippen MR) is 65.4 cm³/mol. The third-order valence-electron chi connectivity index (χ3n) is 2.63. The number of halogens is 2. The standard InChI is InChI=1S/C12H13F2N3/c1-17(7-11(13)14)10-5-4-9-8(12(10)15)3-2-6-16-9/h2-6,11H,7,15H2,1H3. The number of anilines is 2. The summed E-state index contributed by atoms with van der Waals surface area (Å²) in [7, 11) is 1.60. The fraction of sp³-hybridized carbons (Fsp3) is 0.250. The lowest BCUT2D eigenvalue weighted by Gasteiger charge is -2.21. The van der Waals surface area contributed by atoms with Crippen LogP contribution in [0.1, 0.15) is 0 Å². The molecule has 0 aliphatic rings. The Balaban J connectivity index is 2.45. The van der Waals surface area contributed by atoms with Crippen LogP contribution >= 0.6 is 0 Å². The fourth-order valence-corrected chi connectivity index (χ4v) is 1.80. The second-order valence-corrected chi connectivity index (χ2v) is 3.84. The van der Waals surface area contributed by atoms with E-state index in [-0.39, 0.29) is 6.54 Å². The zero-order chi connectivity index (χ0) is 12.4. The van der Waals surface area contributed by atoms with E-state index in [4.69, 9.17) is 5.73 Å². The summed E-state index contributed by atoms with van der Waals surface area (Å²) in [6.45, 7) is -0.337. The maximum absolute atomic E-state index is 12.3. The van der Waals surface area contributed by atoms with Gasteiger partial charge in [0.25, 0.3) is 6.43 Å². The summed E-state index contributed by atoms with van der Waals surface area (Å²) in [5.41, 5.74) is 7.82. The average molecular weight is 237 g/mol. The number of nitrogens with zero attached hydrogens (tertiary/aromatic N) is 2. The first-order valence-electron chi connectivity index (χ1n) is 5.22. The zero-order valence-corrected chi connectivity index (χ0v) is 9.40. The lowest BCUT2D eigenvalue weighted by Crippen LogP contribution is -2.24. The molecule has 5 heteroatoms. The number of alkyl halides is 2. The van der Waals surface area contributed by atoms with E-state index < -0.39 is 6.43 Å². The van der Waals surface area contributed by atoms with E-state index in [0.717, 1.165) is 10.9 Å². The fourth-order valence-electron chi connectivity index (χ4n) is 1.80. The molecule has 0 spiro atoms. The second-order valence-electron chi connectivity index (χ2n) is 3.84. The van der Waals surface area contributed by atoms with Gasteiger partial charge in [-0.2, -0.15) is 0 Å². The number of fused-ring (bicyclic) bond motifs is 1. The first-order chi connectivity index (χ1) is 8.09. The van der Waals surface area contributed by atoms with Crippen molar-refractivity contribution in [3.05, 3.63) is 30.5 Å². The maximum Gasteiger partial charge on any atom is 0.255 e. The molecule has 0 aliphatic carbocycles. The quantitative estimate of drug-likeness (QED) is 0.834. The van der Waals surface area contributed by atoms with Gasteiger partial charge in [0, 0.05) is 18.6 Å². The van der Waals surface area contributed by atoms with E-state index in [2.05, 4.69) is 4.98 Å². The van der Waals surface area contributed by atoms with Crippen LogP contribution in [0, 0.1) is 0 Å². The van der Waals surface area contributed by atoms with Gasteiger partial charge in [0.1, 0.15) is 0 Å². The van der Waals surface area contributed by atoms with Crippen molar-refractivity contribution >= 4 is 22.3 Å². The van der Waals surface area contributed by atoms with Crippen LogP contribution in [0.3, 0.4) is 0 Å². The Bertz CT molecular complexity index is 528. The van der Waals surface area contributed by atoms with Crippen molar-refractivity contribution in [3.8, 4) is 0 Å². The Morgan fingerprint density at radius 1 is 1.35 bits per heavy atom. The minimum atomic E-state index is -2.39. The molecule has 1 aromatic heterocycles. The van der Waals surface area contributed by atoms with E-state index in [0.29, 0.717) is 11.4 Å². The Morgan fingerprint density at radius 3 is 2.82 bits per heavy atom. The molecule has 0 aliphatic heterocycles. The summed E-state index contributed by atoms with van der Waals surface area (Å²) >= 11 is 0. The normalized spacial score (nSPS) is 11.1. The number of hydrogen-bond acceptors (Lipinski definition) is 3. The second kappa shape index (κ2) is 4.53. The molecule has 1 heterocycles. The summed E-state index contributed by atoms with van der Waals surface area (Å²) in [6.07, 6.45) is -0.714. The topological polar surface area (TPSA) is 42.2 Å². The number of nitrogen functional groups attached to an aromatic ring is 1. The molecule has 0 atom stereocenters. The summed E-state index contributed by atoms with van der Waals surface area (Å²) < 4.78 is 24.6.